The molecule has 0 fully saturated rings. The van der Waals surface area contributed by atoms with Gasteiger partial charge in [0, 0.05) is 10.0 Å². The molecule has 30 heavy (non-hydrogen) atoms. The Labute approximate surface area is 183 Å². The molecule has 0 saturated heterocycles. The summed E-state index contributed by atoms with van der Waals surface area (Å²) in [5.74, 6) is 0.771. The molecular formula is C24H19BrO5. The molecule has 0 aliphatic heterocycles. The van der Waals surface area contributed by atoms with E-state index in [-0.39, 0.29) is 5.78 Å². The summed E-state index contributed by atoms with van der Waals surface area (Å²) in [7, 11) is 3.03. The van der Waals surface area contributed by atoms with Gasteiger partial charge in [0.15, 0.2) is 17.3 Å². The fraction of sp³-hybridized carbons (Fsp3) is 0.0833. The Morgan fingerprint density at radius 1 is 0.800 bits per heavy atom. The first-order chi connectivity index (χ1) is 14.5. The maximum absolute atomic E-state index is 12.4. The van der Waals surface area contributed by atoms with Crippen LogP contribution in [0.4, 0.5) is 0 Å². The van der Waals surface area contributed by atoms with Gasteiger partial charge in [0.2, 0.25) is 0 Å². The number of carbonyl (C=O) groups excluding carboxylic acids is 2. The lowest BCUT2D eigenvalue weighted by atomic mass is 10.1. The lowest BCUT2D eigenvalue weighted by Gasteiger charge is -2.09. The number of methoxy groups -OCH3 is 2. The maximum atomic E-state index is 12.4. The van der Waals surface area contributed by atoms with Crippen LogP contribution in [0.25, 0.3) is 6.08 Å². The Morgan fingerprint density at radius 2 is 1.43 bits per heavy atom. The summed E-state index contributed by atoms with van der Waals surface area (Å²) in [6.45, 7) is 0. The van der Waals surface area contributed by atoms with Crippen LogP contribution in [-0.2, 0) is 0 Å². The second kappa shape index (κ2) is 9.89. The van der Waals surface area contributed by atoms with Crippen molar-refractivity contribution in [3.05, 3.63) is 94.0 Å². The molecule has 0 unspecified atom stereocenters. The number of hydrogen-bond acceptors (Lipinski definition) is 5. The molecule has 0 bridgehead atoms. The van der Waals surface area contributed by atoms with Crippen molar-refractivity contribution >= 4 is 33.8 Å². The standard InChI is InChI=1S/C24H19BrO5/c1-28-22-14-8-18(15-23(22)29-2)24(27)30-20-11-3-16(4-12-20)5-13-21(26)17-6-9-19(25)10-7-17/h3-15H,1-2H3. The minimum atomic E-state index is -0.510. The molecule has 0 atom stereocenters. The van der Waals surface area contributed by atoms with E-state index in [1.54, 1.807) is 60.7 Å². The molecule has 0 radical (unpaired) electrons. The second-order valence-electron chi connectivity index (χ2n) is 6.23. The quantitative estimate of drug-likeness (QED) is 0.197. The van der Waals surface area contributed by atoms with Gasteiger partial charge < -0.3 is 14.2 Å². The summed E-state index contributed by atoms with van der Waals surface area (Å²) >= 11 is 3.35. The minimum absolute atomic E-state index is 0.0912. The molecule has 152 valence electrons. The normalized spacial score (nSPS) is 10.6. The fourth-order valence-electron chi connectivity index (χ4n) is 2.66. The lowest BCUT2D eigenvalue weighted by molar-refractivity contribution is 0.0734. The molecule has 0 aliphatic rings. The molecule has 0 heterocycles. The van der Waals surface area contributed by atoms with Crippen LogP contribution < -0.4 is 14.2 Å². The van der Waals surface area contributed by atoms with Crippen molar-refractivity contribution in [3.8, 4) is 17.2 Å². The summed E-state index contributed by atoms with van der Waals surface area (Å²) in [6.07, 6.45) is 3.22. The number of carbonyl (C=O) groups is 2. The van der Waals surface area contributed by atoms with Crippen LogP contribution in [0, 0.1) is 0 Å². The number of rotatable bonds is 7. The van der Waals surface area contributed by atoms with Crippen LogP contribution in [-0.4, -0.2) is 26.0 Å². The van der Waals surface area contributed by atoms with Gasteiger partial charge in [-0.1, -0.05) is 34.1 Å². The van der Waals surface area contributed by atoms with Crippen LogP contribution in [0.3, 0.4) is 0 Å². The van der Waals surface area contributed by atoms with E-state index in [0.29, 0.717) is 28.4 Å². The third-order valence-electron chi connectivity index (χ3n) is 4.27. The van der Waals surface area contributed by atoms with Crippen LogP contribution in [0.2, 0.25) is 0 Å². The number of benzene rings is 3. The first kappa shape index (κ1) is 21.3. The SMILES string of the molecule is COc1ccc(C(=O)Oc2ccc(C=CC(=O)c3ccc(Br)cc3)cc2)cc1OC. The maximum Gasteiger partial charge on any atom is 0.343 e. The zero-order valence-electron chi connectivity index (χ0n) is 16.4. The van der Waals surface area contributed by atoms with Crippen molar-refractivity contribution in [1.82, 2.24) is 0 Å². The van der Waals surface area contributed by atoms with Gasteiger partial charge in [-0.3, -0.25) is 4.79 Å². The zero-order chi connectivity index (χ0) is 21.5. The first-order valence-electron chi connectivity index (χ1n) is 9.02. The summed E-state index contributed by atoms with van der Waals surface area (Å²) < 4.78 is 16.7. The molecule has 6 heteroatoms. The number of halogens is 1. The second-order valence-corrected chi connectivity index (χ2v) is 7.15. The number of hydrogen-bond donors (Lipinski definition) is 0. The Hall–Kier alpha value is -3.38. The highest BCUT2D eigenvalue weighted by Gasteiger charge is 2.13. The van der Waals surface area contributed by atoms with Crippen molar-refractivity contribution < 1.29 is 23.8 Å². The van der Waals surface area contributed by atoms with E-state index in [2.05, 4.69) is 15.9 Å². The summed E-state index contributed by atoms with van der Waals surface area (Å²) in [5.41, 5.74) is 1.76. The Kier molecular flexibility index (Phi) is 7.03. The smallest absolute Gasteiger partial charge is 0.343 e. The highest BCUT2D eigenvalue weighted by Crippen LogP contribution is 2.28. The van der Waals surface area contributed by atoms with Crippen molar-refractivity contribution in [2.75, 3.05) is 14.2 Å². The van der Waals surface area contributed by atoms with E-state index in [1.807, 2.05) is 12.1 Å². The van der Waals surface area contributed by atoms with Gasteiger partial charge in [-0.2, -0.15) is 0 Å². The predicted octanol–water partition coefficient (Wildman–Crippen LogP) is 5.58. The molecule has 0 saturated carbocycles. The number of ketones is 1. The van der Waals surface area contributed by atoms with Gasteiger partial charge in [-0.15, -0.1) is 0 Å². The molecule has 0 amide bonds. The zero-order valence-corrected chi connectivity index (χ0v) is 18.0. The topological polar surface area (TPSA) is 61.8 Å². The first-order valence-corrected chi connectivity index (χ1v) is 9.81. The molecule has 3 rings (SSSR count). The molecule has 0 N–H and O–H groups in total. The molecule has 0 spiro atoms. The molecular weight excluding hydrogens is 448 g/mol. The van der Waals surface area contributed by atoms with Crippen molar-refractivity contribution in [2.24, 2.45) is 0 Å². The van der Waals surface area contributed by atoms with Crippen molar-refractivity contribution in [2.45, 2.75) is 0 Å². The van der Waals surface area contributed by atoms with E-state index in [0.717, 1.165) is 10.0 Å². The van der Waals surface area contributed by atoms with Gasteiger partial charge in [0.05, 0.1) is 19.8 Å². The summed E-state index contributed by atoms with van der Waals surface area (Å²) in [4.78, 5) is 24.6. The number of allylic oxidation sites excluding steroid dienone is 1. The fourth-order valence-corrected chi connectivity index (χ4v) is 2.92. The van der Waals surface area contributed by atoms with Gasteiger partial charge >= 0.3 is 5.97 Å². The van der Waals surface area contributed by atoms with E-state index < -0.39 is 5.97 Å². The molecule has 3 aromatic rings. The Morgan fingerprint density at radius 3 is 2.07 bits per heavy atom. The predicted molar refractivity (Wildman–Crippen MR) is 118 cm³/mol. The van der Waals surface area contributed by atoms with Crippen LogP contribution >= 0.6 is 15.9 Å². The number of esters is 1. The molecule has 0 aliphatic carbocycles. The molecule has 5 nitrogen and oxygen atoms in total. The van der Waals surface area contributed by atoms with Crippen LogP contribution in [0.5, 0.6) is 17.2 Å². The summed E-state index contributed by atoms with van der Waals surface area (Å²) in [6, 6.07) is 18.8. The van der Waals surface area contributed by atoms with E-state index in [1.165, 1.54) is 20.3 Å². The Bertz CT molecular complexity index is 1070. The van der Waals surface area contributed by atoms with E-state index in [9.17, 15) is 9.59 Å². The average molecular weight is 467 g/mol. The van der Waals surface area contributed by atoms with Gasteiger partial charge in [0.25, 0.3) is 0 Å². The van der Waals surface area contributed by atoms with Crippen molar-refractivity contribution in [3.63, 3.8) is 0 Å². The third kappa shape index (κ3) is 5.36. The Balaban J connectivity index is 1.65. The summed E-state index contributed by atoms with van der Waals surface area (Å²) in [5, 5.41) is 0. The average Bonchev–Trinajstić information content (AvgIpc) is 2.78. The van der Waals surface area contributed by atoms with Gasteiger partial charge in [-0.05, 0) is 66.2 Å². The monoisotopic (exact) mass is 466 g/mol. The van der Waals surface area contributed by atoms with Gasteiger partial charge in [-0.25, -0.2) is 4.79 Å². The lowest BCUT2D eigenvalue weighted by Crippen LogP contribution is -2.08. The molecule has 3 aromatic carbocycles. The highest BCUT2D eigenvalue weighted by molar-refractivity contribution is 9.10. The van der Waals surface area contributed by atoms with E-state index in [4.69, 9.17) is 14.2 Å². The van der Waals surface area contributed by atoms with Crippen LogP contribution in [0.15, 0.2) is 77.3 Å². The number of ether oxygens (including phenoxy) is 3. The minimum Gasteiger partial charge on any atom is -0.493 e. The van der Waals surface area contributed by atoms with Gasteiger partial charge in [0.1, 0.15) is 5.75 Å². The van der Waals surface area contributed by atoms with Crippen molar-refractivity contribution in [1.29, 1.82) is 0 Å². The largest absolute Gasteiger partial charge is 0.493 e. The van der Waals surface area contributed by atoms with E-state index >= 15 is 0 Å². The van der Waals surface area contributed by atoms with Crippen LogP contribution in [0.1, 0.15) is 26.3 Å². The molecule has 0 aromatic heterocycles. The third-order valence-corrected chi connectivity index (χ3v) is 4.79. The highest BCUT2D eigenvalue weighted by atomic mass is 79.9.